The topological polar surface area (TPSA) is 94.9 Å². The van der Waals surface area contributed by atoms with E-state index >= 15 is 0 Å². The fourth-order valence-corrected chi connectivity index (χ4v) is 4.78. The van der Waals surface area contributed by atoms with Crippen LogP contribution in [0.2, 0.25) is 0 Å². The predicted molar refractivity (Wildman–Crippen MR) is 112 cm³/mol. The Morgan fingerprint density at radius 1 is 1.22 bits per heavy atom. The predicted octanol–water partition coefficient (Wildman–Crippen LogP) is 2.08. The highest BCUT2D eigenvalue weighted by Crippen LogP contribution is 2.41. The minimum Gasteiger partial charge on any atom is -0.502 e. The van der Waals surface area contributed by atoms with Gasteiger partial charge in [0.05, 0.1) is 0 Å². The van der Waals surface area contributed by atoms with Gasteiger partial charge in [0, 0.05) is 38.0 Å². The molecule has 2 amide bonds. The maximum atomic E-state index is 13.9. The molecule has 0 saturated heterocycles. The van der Waals surface area contributed by atoms with Crippen LogP contribution in [-0.2, 0) is 6.54 Å². The summed E-state index contributed by atoms with van der Waals surface area (Å²) in [5, 5.41) is 14.9. The van der Waals surface area contributed by atoms with Gasteiger partial charge in [-0.25, -0.2) is 8.78 Å². The Labute approximate surface area is 183 Å². The van der Waals surface area contributed by atoms with Crippen molar-refractivity contribution < 1.29 is 23.5 Å². The largest absolute Gasteiger partial charge is 0.502 e. The zero-order valence-electron chi connectivity index (χ0n) is 17.8. The summed E-state index contributed by atoms with van der Waals surface area (Å²) in [5.74, 6) is -3.72. The Kier molecular flexibility index (Phi) is 5.39. The summed E-state index contributed by atoms with van der Waals surface area (Å²) in [4.78, 5) is 40.1. The van der Waals surface area contributed by atoms with Crippen LogP contribution >= 0.6 is 0 Å². The van der Waals surface area contributed by atoms with Gasteiger partial charge < -0.3 is 15.3 Å². The standard InChI is InChI=1S/C22H24F2N4O4/c1-3-28-22(8-4-5-9-22)26(2)21(32)17-19(30)18(29)15(12-27(17)28)20(31)25-11-13-6-7-14(23)10-16(13)24/h6-7,10,12,30H,3-5,8-9,11H2,1-2H3,(H,25,31). The van der Waals surface area contributed by atoms with Gasteiger partial charge in [-0.15, -0.1) is 0 Å². The second-order valence-electron chi connectivity index (χ2n) is 8.10. The molecule has 1 spiro atoms. The Hall–Kier alpha value is -3.43. The third-order valence-corrected chi connectivity index (χ3v) is 6.44. The van der Waals surface area contributed by atoms with E-state index in [1.54, 1.807) is 11.9 Å². The van der Waals surface area contributed by atoms with Crippen molar-refractivity contribution in [1.82, 2.24) is 14.9 Å². The number of nitrogens with one attached hydrogen (secondary N) is 1. The number of amides is 2. The lowest BCUT2D eigenvalue weighted by Crippen LogP contribution is -2.68. The van der Waals surface area contributed by atoms with E-state index in [0.29, 0.717) is 12.6 Å². The molecule has 1 aromatic carbocycles. The molecule has 1 fully saturated rings. The highest BCUT2D eigenvalue weighted by Gasteiger charge is 2.50. The molecule has 1 aromatic heterocycles. The molecule has 2 heterocycles. The van der Waals surface area contributed by atoms with Crippen LogP contribution in [0.1, 0.15) is 59.0 Å². The number of carbonyl (C=O) groups is 2. The molecule has 170 valence electrons. The monoisotopic (exact) mass is 446 g/mol. The molecule has 4 rings (SSSR count). The quantitative estimate of drug-likeness (QED) is 0.750. The molecule has 1 saturated carbocycles. The lowest BCUT2D eigenvalue weighted by Gasteiger charge is -2.52. The zero-order chi connectivity index (χ0) is 23.2. The van der Waals surface area contributed by atoms with Crippen LogP contribution in [0.3, 0.4) is 0 Å². The number of rotatable bonds is 4. The number of hydrogen-bond donors (Lipinski definition) is 2. The SMILES string of the molecule is CCN1n2cc(C(=O)NCc3ccc(F)cc3F)c(=O)c(O)c2C(=O)N(C)C12CCCC2. The van der Waals surface area contributed by atoms with Gasteiger partial charge in [0.1, 0.15) is 22.9 Å². The lowest BCUT2D eigenvalue weighted by molar-refractivity contribution is 0.0382. The fraction of sp³-hybridized carbons (Fsp3) is 0.409. The van der Waals surface area contributed by atoms with Gasteiger partial charge in [-0.05, 0) is 38.7 Å². The van der Waals surface area contributed by atoms with E-state index in [1.165, 1.54) is 16.9 Å². The van der Waals surface area contributed by atoms with Crippen molar-refractivity contribution in [3.63, 3.8) is 0 Å². The lowest BCUT2D eigenvalue weighted by atomic mass is 10.0. The first-order valence-corrected chi connectivity index (χ1v) is 10.5. The molecule has 10 heteroatoms. The van der Waals surface area contributed by atoms with E-state index < -0.39 is 40.3 Å². The molecule has 0 radical (unpaired) electrons. The average molecular weight is 446 g/mol. The first-order chi connectivity index (χ1) is 15.2. The van der Waals surface area contributed by atoms with Gasteiger partial charge in [0.25, 0.3) is 11.8 Å². The maximum absolute atomic E-state index is 13.9. The van der Waals surface area contributed by atoms with Gasteiger partial charge >= 0.3 is 0 Å². The van der Waals surface area contributed by atoms with E-state index in [0.717, 1.165) is 31.7 Å². The van der Waals surface area contributed by atoms with E-state index in [2.05, 4.69) is 5.32 Å². The van der Waals surface area contributed by atoms with Crippen molar-refractivity contribution in [2.45, 2.75) is 44.8 Å². The Morgan fingerprint density at radius 3 is 2.53 bits per heavy atom. The third-order valence-electron chi connectivity index (χ3n) is 6.44. The molecule has 0 unspecified atom stereocenters. The minimum atomic E-state index is -0.992. The van der Waals surface area contributed by atoms with Crippen molar-refractivity contribution in [2.24, 2.45) is 0 Å². The highest BCUT2D eigenvalue weighted by molar-refractivity contribution is 5.99. The van der Waals surface area contributed by atoms with Crippen LogP contribution in [0, 0.1) is 11.6 Å². The van der Waals surface area contributed by atoms with Gasteiger partial charge in [-0.1, -0.05) is 6.07 Å². The zero-order valence-corrected chi connectivity index (χ0v) is 17.8. The molecule has 0 bridgehead atoms. The molecule has 1 aliphatic carbocycles. The number of aromatic nitrogens is 1. The summed E-state index contributed by atoms with van der Waals surface area (Å²) in [6, 6.07) is 2.95. The van der Waals surface area contributed by atoms with Crippen molar-refractivity contribution >= 4 is 11.8 Å². The Bertz CT molecular complexity index is 1160. The van der Waals surface area contributed by atoms with Gasteiger partial charge in [0.15, 0.2) is 11.4 Å². The Balaban J connectivity index is 1.73. The number of pyridine rings is 1. The smallest absolute Gasteiger partial charge is 0.278 e. The molecular formula is C22H24F2N4O4. The van der Waals surface area contributed by atoms with Crippen molar-refractivity contribution in [2.75, 3.05) is 18.6 Å². The van der Waals surface area contributed by atoms with Crippen LogP contribution in [-0.4, -0.2) is 45.8 Å². The summed E-state index contributed by atoms with van der Waals surface area (Å²) >= 11 is 0. The van der Waals surface area contributed by atoms with Crippen LogP contribution in [0.4, 0.5) is 8.78 Å². The number of fused-ring (bicyclic) bond motifs is 1. The van der Waals surface area contributed by atoms with Crippen LogP contribution in [0.15, 0.2) is 29.2 Å². The van der Waals surface area contributed by atoms with Crippen LogP contribution in [0.25, 0.3) is 0 Å². The van der Waals surface area contributed by atoms with Crippen LogP contribution < -0.4 is 15.8 Å². The third kappa shape index (κ3) is 3.21. The summed E-state index contributed by atoms with van der Waals surface area (Å²) in [5.41, 5.74) is -2.13. The molecule has 0 atom stereocenters. The molecule has 2 N–H and O–H groups in total. The van der Waals surface area contributed by atoms with Gasteiger partial charge in [-0.2, -0.15) is 0 Å². The summed E-state index contributed by atoms with van der Waals surface area (Å²) in [6.07, 6.45) is 4.54. The number of nitrogens with zero attached hydrogens (tertiary/aromatic N) is 3. The van der Waals surface area contributed by atoms with Crippen molar-refractivity contribution in [3.05, 3.63) is 63.1 Å². The van der Waals surface area contributed by atoms with E-state index in [-0.39, 0.29) is 23.4 Å². The highest BCUT2D eigenvalue weighted by atomic mass is 19.1. The summed E-state index contributed by atoms with van der Waals surface area (Å²) in [7, 11) is 1.65. The van der Waals surface area contributed by atoms with E-state index in [4.69, 9.17) is 0 Å². The summed E-state index contributed by atoms with van der Waals surface area (Å²) in [6.45, 7) is 2.07. The normalized spacial score (nSPS) is 17.1. The van der Waals surface area contributed by atoms with Gasteiger partial charge in [-0.3, -0.25) is 24.1 Å². The molecule has 1 aliphatic heterocycles. The van der Waals surface area contributed by atoms with Gasteiger partial charge in [0.2, 0.25) is 5.43 Å². The van der Waals surface area contributed by atoms with Crippen LogP contribution in [0.5, 0.6) is 5.75 Å². The second-order valence-corrected chi connectivity index (χ2v) is 8.10. The number of hydrogen-bond acceptors (Lipinski definition) is 5. The molecule has 2 aliphatic rings. The average Bonchev–Trinajstić information content (AvgIpc) is 3.24. The number of aromatic hydroxyl groups is 1. The minimum absolute atomic E-state index is 0.0407. The molecule has 2 aromatic rings. The number of benzene rings is 1. The Morgan fingerprint density at radius 2 is 1.91 bits per heavy atom. The van der Waals surface area contributed by atoms with Crippen molar-refractivity contribution in [3.8, 4) is 5.75 Å². The fourth-order valence-electron chi connectivity index (χ4n) is 4.78. The first-order valence-electron chi connectivity index (χ1n) is 10.5. The molecule has 8 nitrogen and oxygen atoms in total. The van der Waals surface area contributed by atoms with E-state index in [1.807, 2.05) is 11.9 Å². The molecular weight excluding hydrogens is 422 g/mol. The number of carbonyl (C=O) groups excluding carboxylic acids is 2. The van der Waals surface area contributed by atoms with Crippen molar-refractivity contribution in [1.29, 1.82) is 0 Å². The number of halogens is 2. The maximum Gasteiger partial charge on any atom is 0.278 e. The van der Waals surface area contributed by atoms with E-state index in [9.17, 15) is 28.3 Å². The molecule has 32 heavy (non-hydrogen) atoms. The second kappa shape index (κ2) is 7.92. The first kappa shape index (κ1) is 21.8. The summed E-state index contributed by atoms with van der Waals surface area (Å²) < 4.78 is 28.4.